The SMILES string of the molecule is Cc1ccc(-n2ncc(N3CCC(NS(=O)(=O)c4cccs4)CC3)c(Cl)c2=O)cc1Cl. The molecule has 0 radical (unpaired) electrons. The van der Waals surface area contributed by atoms with Gasteiger partial charge in [-0.15, -0.1) is 11.3 Å². The van der Waals surface area contributed by atoms with Crippen LogP contribution in [0.2, 0.25) is 10.0 Å². The predicted octanol–water partition coefficient (Wildman–Crippen LogP) is 3.86. The molecule has 0 bridgehead atoms. The quantitative estimate of drug-likeness (QED) is 0.577. The second-order valence-electron chi connectivity index (χ2n) is 7.31. The van der Waals surface area contributed by atoms with Crippen molar-refractivity contribution in [3.05, 3.63) is 67.9 Å². The number of hydrogen-bond acceptors (Lipinski definition) is 6. The Bertz CT molecular complexity index is 1250. The van der Waals surface area contributed by atoms with Gasteiger partial charge in [0.15, 0.2) is 0 Å². The molecule has 4 rings (SSSR count). The van der Waals surface area contributed by atoms with Gasteiger partial charge in [0.05, 0.1) is 17.6 Å². The minimum Gasteiger partial charge on any atom is -0.369 e. The lowest BCUT2D eigenvalue weighted by molar-refractivity contribution is 0.460. The number of benzene rings is 1. The van der Waals surface area contributed by atoms with Crippen LogP contribution in [0.3, 0.4) is 0 Å². The van der Waals surface area contributed by atoms with Gasteiger partial charge in [-0.1, -0.05) is 35.3 Å². The molecule has 0 spiro atoms. The van der Waals surface area contributed by atoms with Crippen LogP contribution in [0, 0.1) is 6.92 Å². The van der Waals surface area contributed by atoms with E-state index in [2.05, 4.69) is 9.82 Å². The van der Waals surface area contributed by atoms with Crippen molar-refractivity contribution < 1.29 is 8.42 Å². The average molecular weight is 499 g/mol. The van der Waals surface area contributed by atoms with Gasteiger partial charge in [-0.3, -0.25) is 4.79 Å². The zero-order chi connectivity index (χ0) is 22.2. The molecule has 3 aromatic rings. The minimum absolute atomic E-state index is 0.0734. The van der Waals surface area contributed by atoms with Crippen molar-refractivity contribution in [1.82, 2.24) is 14.5 Å². The summed E-state index contributed by atoms with van der Waals surface area (Å²) in [6.45, 7) is 2.99. The van der Waals surface area contributed by atoms with Crippen LogP contribution in [0.1, 0.15) is 18.4 Å². The lowest BCUT2D eigenvalue weighted by Gasteiger charge is -2.33. The number of nitrogens with zero attached hydrogens (tertiary/aromatic N) is 3. The van der Waals surface area contributed by atoms with E-state index >= 15 is 0 Å². The number of hydrogen-bond donors (Lipinski definition) is 1. The van der Waals surface area contributed by atoms with Gasteiger partial charge in [-0.05, 0) is 48.9 Å². The van der Waals surface area contributed by atoms with Gasteiger partial charge in [0.2, 0.25) is 10.0 Å². The molecule has 0 amide bonds. The summed E-state index contributed by atoms with van der Waals surface area (Å²) in [5.41, 5.74) is 1.55. The number of aromatic nitrogens is 2. The molecule has 1 fully saturated rings. The molecule has 3 heterocycles. The maximum absolute atomic E-state index is 12.8. The third kappa shape index (κ3) is 4.65. The molecule has 1 saturated heterocycles. The molecule has 164 valence electrons. The van der Waals surface area contributed by atoms with E-state index in [1.54, 1.807) is 35.8 Å². The lowest BCUT2D eigenvalue weighted by atomic mass is 10.1. The van der Waals surface area contributed by atoms with Crippen LogP contribution in [-0.4, -0.2) is 37.3 Å². The molecule has 0 saturated carbocycles. The molecule has 11 heteroatoms. The first-order valence-corrected chi connectivity index (χ1v) is 12.7. The van der Waals surface area contributed by atoms with Gasteiger partial charge in [0.25, 0.3) is 5.56 Å². The van der Waals surface area contributed by atoms with Crippen LogP contribution in [0.4, 0.5) is 5.69 Å². The standard InChI is InChI=1S/C20H20Cl2N4O3S2/c1-13-4-5-15(11-16(13)21)26-20(27)19(22)17(12-23-26)25-8-6-14(7-9-25)24-31(28,29)18-3-2-10-30-18/h2-5,10-12,14,24H,6-9H2,1H3. The van der Waals surface area contributed by atoms with Crippen molar-refractivity contribution in [2.45, 2.75) is 30.0 Å². The molecule has 7 nitrogen and oxygen atoms in total. The van der Waals surface area contributed by atoms with E-state index in [0.717, 1.165) is 5.56 Å². The van der Waals surface area contributed by atoms with E-state index in [1.165, 1.54) is 16.0 Å². The van der Waals surface area contributed by atoms with Gasteiger partial charge in [-0.2, -0.15) is 9.78 Å². The Balaban J connectivity index is 1.48. The number of nitrogens with one attached hydrogen (secondary N) is 1. The molecule has 0 atom stereocenters. The topological polar surface area (TPSA) is 84.3 Å². The molecule has 0 unspecified atom stereocenters. The van der Waals surface area contributed by atoms with Crippen LogP contribution < -0.4 is 15.2 Å². The summed E-state index contributed by atoms with van der Waals surface area (Å²) in [4.78, 5) is 14.8. The Morgan fingerprint density at radius 2 is 1.94 bits per heavy atom. The predicted molar refractivity (Wildman–Crippen MR) is 124 cm³/mol. The van der Waals surface area contributed by atoms with Crippen LogP contribution in [0.5, 0.6) is 0 Å². The summed E-state index contributed by atoms with van der Waals surface area (Å²) in [5.74, 6) is 0. The molecule has 1 aromatic carbocycles. The smallest absolute Gasteiger partial charge is 0.292 e. The van der Waals surface area contributed by atoms with Crippen LogP contribution in [-0.2, 0) is 10.0 Å². The van der Waals surface area contributed by atoms with E-state index in [-0.39, 0.29) is 11.1 Å². The van der Waals surface area contributed by atoms with Crippen LogP contribution >= 0.6 is 34.5 Å². The minimum atomic E-state index is -3.51. The Morgan fingerprint density at radius 3 is 2.58 bits per heavy atom. The Kier molecular flexibility index (Phi) is 6.41. The monoisotopic (exact) mass is 498 g/mol. The van der Waals surface area contributed by atoms with Crippen molar-refractivity contribution in [2.24, 2.45) is 0 Å². The van der Waals surface area contributed by atoms with Crippen molar-refractivity contribution in [1.29, 1.82) is 0 Å². The van der Waals surface area contributed by atoms with Gasteiger partial charge < -0.3 is 4.90 Å². The number of aryl methyl sites for hydroxylation is 1. The fourth-order valence-electron chi connectivity index (χ4n) is 3.47. The first-order chi connectivity index (χ1) is 14.8. The summed E-state index contributed by atoms with van der Waals surface area (Å²) in [7, 11) is -3.51. The molecular weight excluding hydrogens is 479 g/mol. The summed E-state index contributed by atoms with van der Waals surface area (Å²) in [5, 5.41) is 6.63. The number of halogens is 2. The molecule has 2 aromatic heterocycles. The largest absolute Gasteiger partial charge is 0.369 e. The third-order valence-corrected chi connectivity index (χ3v) is 8.90. The Labute approximate surface area is 194 Å². The number of sulfonamides is 1. The van der Waals surface area contributed by atoms with E-state index in [9.17, 15) is 13.2 Å². The highest BCUT2D eigenvalue weighted by molar-refractivity contribution is 7.91. The highest BCUT2D eigenvalue weighted by Crippen LogP contribution is 2.27. The number of piperidine rings is 1. The van der Waals surface area contributed by atoms with Gasteiger partial charge in [0, 0.05) is 24.2 Å². The Morgan fingerprint density at radius 1 is 1.19 bits per heavy atom. The summed E-state index contributed by atoms with van der Waals surface area (Å²) in [6.07, 6.45) is 2.75. The normalized spacial score (nSPS) is 15.4. The fourth-order valence-corrected chi connectivity index (χ4v) is 6.21. The summed E-state index contributed by atoms with van der Waals surface area (Å²) >= 11 is 13.8. The van der Waals surface area contributed by atoms with Crippen molar-refractivity contribution in [3.63, 3.8) is 0 Å². The lowest BCUT2D eigenvalue weighted by Crippen LogP contribution is -2.45. The van der Waals surface area contributed by atoms with E-state index < -0.39 is 15.6 Å². The first-order valence-electron chi connectivity index (χ1n) is 9.61. The highest BCUT2D eigenvalue weighted by Gasteiger charge is 2.27. The summed E-state index contributed by atoms with van der Waals surface area (Å²) < 4.78 is 29.2. The van der Waals surface area contributed by atoms with Gasteiger partial charge in [-0.25, -0.2) is 13.1 Å². The van der Waals surface area contributed by atoms with Crippen molar-refractivity contribution in [2.75, 3.05) is 18.0 Å². The van der Waals surface area contributed by atoms with E-state index in [1.807, 2.05) is 17.9 Å². The fraction of sp³-hybridized carbons (Fsp3) is 0.300. The zero-order valence-corrected chi connectivity index (χ0v) is 19.7. The average Bonchev–Trinajstić information content (AvgIpc) is 3.29. The first kappa shape index (κ1) is 22.3. The molecule has 0 aliphatic carbocycles. The van der Waals surface area contributed by atoms with Crippen LogP contribution in [0.15, 0.2) is 50.9 Å². The van der Waals surface area contributed by atoms with E-state index in [0.29, 0.717) is 46.5 Å². The third-order valence-electron chi connectivity index (χ3n) is 5.22. The molecule has 1 aliphatic heterocycles. The van der Waals surface area contributed by atoms with Gasteiger partial charge >= 0.3 is 0 Å². The Hall–Kier alpha value is -1.91. The number of thiophene rings is 1. The number of anilines is 1. The second-order valence-corrected chi connectivity index (χ2v) is 11.0. The van der Waals surface area contributed by atoms with Crippen LogP contribution in [0.25, 0.3) is 5.69 Å². The molecule has 1 aliphatic rings. The molecule has 1 N–H and O–H groups in total. The zero-order valence-electron chi connectivity index (χ0n) is 16.6. The number of rotatable bonds is 5. The maximum Gasteiger partial charge on any atom is 0.292 e. The van der Waals surface area contributed by atoms with Crippen molar-refractivity contribution in [3.8, 4) is 5.69 Å². The van der Waals surface area contributed by atoms with Crippen molar-refractivity contribution >= 4 is 50.2 Å². The summed E-state index contributed by atoms with van der Waals surface area (Å²) in [6, 6.07) is 8.37. The highest BCUT2D eigenvalue weighted by atomic mass is 35.5. The molecular formula is C20H20Cl2N4O3S2. The van der Waals surface area contributed by atoms with E-state index in [4.69, 9.17) is 23.2 Å². The second kappa shape index (κ2) is 8.91. The molecule has 31 heavy (non-hydrogen) atoms. The maximum atomic E-state index is 12.8. The van der Waals surface area contributed by atoms with Gasteiger partial charge in [0.1, 0.15) is 9.23 Å².